The third kappa shape index (κ3) is 8.28. The first-order valence-electron chi connectivity index (χ1n) is 13.4. The van der Waals surface area contributed by atoms with E-state index in [0.717, 1.165) is 19.2 Å². The average Bonchev–Trinajstić information content (AvgIpc) is 3.41. The smallest absolute Gasteiger partial charge is 0.416 e. The Morgan fingerprint density at radius 2 is 1.93 bits per heavy atom. The Labute approximate surface area is 242 Å². The minimum absolute atomic E-state index is 0.00885. The number of piperazine rings is 1. The third-order valence-corrected chi connectivity index (χ3v) is 6.63. The van der Waals surface area contributed by atoms with Crippen LogP contribution >= 0.6 is 0 Å². The number of pyridine rings is 1. The highest BCUT2D eigenvalue weighted by molar-refractivity contribution is 6.04. The Hall–Kier alpha value is -4.47. The Morgan fingerprint density at radius 1 is 1.17 bits per heavy atom. The maximum Gasteiger partial charge on any atom is 0.416 e. The maximum absolute atomic E-state index is 13.9. The molecule has 0 spiro atoms. The van der Waals surface area contributed by atoms with Crippen molar-refractivity contribution in [1.29, 1.82) is 5.41 Å². The average molecular weight is 580 g/mol. The van der Waals surface area contributed by atoms with E-state index in [1.54, 1.807) is 19.9 Å². The Balaban J connectivity index is 1.47. The van der Waals surface area contributed by atoms with Gasteiger partial charge in [0.1, 0.15) is 11.5 Å². The first kappa shape index (κ1) is 30.5. The SMILES string of the molecule is CCOC(=N)/C=C\c1ncc(C#Cc2cc(C(=O)Nc3ccc(CN4CCN(C)CC4)c(C(F)(F)F)c3)cnc2C)[nH]1. The van der Waals surface area contributed by atoms with Crippen molar-refractivity contribution in [2.45, 2.75) is 26.6 Å². The number of aryl methyl sites for hydroxylation is 1. The highest BCUT2D eigenvalue weighted by Crippen LogP contribution is 2.34. The Morgan fingerprint density at radius 3 is 2.64 bits per heavy atom. The predicted molar refractivity (Wildman–Crippen MR) is 154 cm³/mol. The molecule has 3 heterocycles. The second-order valence-corrected chi connectivity index (χ2v) is 9.82. The molecule has 1 saturated heterocycles. The van der Waals surface area contributed by atoms with E-state index in [9.17, 15) is 18.0 Å². The fourth-order valence-electron chi connectivity index (χ4n) is 4.27. The molecule has 220 valence electrons. The van der Waals surface area contributed by atoms with E-state index in [1.165, 1.54) is 36.7 Å². The van der Waals surface area contributed by atoms with Crippen molar-refractivity contribution in [1.82, 2.24) is 24.8 Å². The van der Waals surface area contributed by atoms with Crippen molar-refractivity contribution >= 4 is 23.6 Å². The summed E-state index contributed by atoms with van der Waals surface area (Å²) >= 11 is 0. The molecule has 12 heteroatoms. The van der Waals surface area contributed by atoms with E-state index in [4.69, 9.17) is 10.1 Å². The van der Waals surface area contributed by atoms with Gasteiger partial charge in [-0.1, -0.05) is 12.0 Å². The van der Waals surface area contributed by atoms with Gasteiger partial charge in [0.15, 0.2) is 0 Å². The minimum atomic E-state index is -4.57. The van der Waals surface area contributed by atoms with Crippen molar-refractivity contribution in [2.24, 2.45) is 0 Å². The molecule has 3 N–H and O–H groups in total. The highest BCUT2D eigenvalue weighted by atomic mass is 19.4. The zero-order chi connectivity index (χ0) is 30.3. The number of carbonyl (C=O) groups is 1. The number of ether oxygens (including phenoxy) is 1. The monoisotopic (exact) mass is 579 g/mol. The van der Waals surface area contributed by atoms with Crippen LogP contribution in [-0.2, 0) is 17.5 Å². The summed E-state index contributed by atoms with van der Waals surface area (Å²) in [5, 5.41) is 10.2. The molecule has 0 unspecified atom stereocenters. The van der Waals surface area contributed by atoms with Gasteiger partial charge in [-0.15, -0.1) is 0 Å². The number of imidazole rings is 1. The first-order valence-corrected chi connectivity index (χ1v) is 13.4. The highest BCUT2D eigenvalue weighted by Gasteiger charge is 2.34. The first-order chi connectivity index (χ1) is 20.0. The van der Waals surface area contributed by atoms with Crippen molar-refractivity contribution < 1.29 is 22.7 Å². The number of nitrogens with one attached hydrogen (secondary N) is 3. The van der Waals surface area contributed by atoms with Gasteiger partial charge in [0, 0.05) is 56.2 Å². The molecule has 4 rings (SSSR count). The fraction of sp³-hybridized carbons (Fsp3) is 0.333. The zero-order valence-corrected chi connectivity index (χ0v) is 23.6. The lowest BCUT2D eigenvalue weighted by Crippen LogP contribution is -2.44. The van der Waals surface area contributed by atoms with Crippen LogP contribution in [0.5, 0.6) is 0 Å². The molecule has 1 amide bonds. The normalized spacial score (nSPS) is 14.4. The summed E-state index contributed by atoms with van der Waals surface area (Å²) in [6.45, 7) is 7.08. The summed E-state index contributed by atoms with van der Waals surface area (Å²) in [4.78, 5) is 28.5. The summed E-state index contributed by atoms with van der Waals surface area (Å²) in [6.07, 6.45) is 1.37. The number of likely N-dealkylation sites (N-methyl/N-ethyl adjacent to an activating group) is 1. The molecule has 0 aliphatic carbocycles. The molecule has 1 aliphatic heterocycles. The molecule has 1 aliphatic rings. The van der Waals surface area contributed by atoms with Crippen LogP contribution in [0.1, 0.15) is 51.2 Å². The third-order valence-electron chi connectivity index (χ3n) is 6.63. The maximum atomic E-state index is 13.9. The van der Waals surface area contributed by atoms with Gasteiger partial charge in [-0.3, -0.25) is 20.1 Å². The van der Waals surface area contributed by atoms with Crippen LogP contribution in [0.3, 0.4) is 0 Å². The quantitative estimate of drug-likeness (QED) is 0.215. The number of benzene rings is 1. The van der Waals surface area contributed by atoms with Crippen LogP contribution < -0.4 is 5.32 Å². The van der Waals surface area contributed by atoms with Crippen LogP contribution in [0.15, 0.2) is 42.7 Å². The van der Waals surface area contributed by atoms with E-state index in [-0.39, 0.29) is 29.3 Å². The number of halogens is 3. The lowest BCUT2D eigenvalue weighted by molar-refractivity contribution is -0.138. The van der Waals surface area contributed by atoms with E-state index >= 15 is 0 Å². The molecule has 3 aromatic rings. The predicted octanol–water partition coefficient (Wildman–Crippen LogP) is 4.56. The second-order valence-electron chi connectivity index (χ2n) is 9.82. The van der Waals surface area contributed by atoms with Crippen LogP contribution in [0, 0.1) is 24.2 Å². The molecule has 9 nitrogen and oxygen atoms in total. The summed E-state index contributed by atoms with van der Waals surface area (Å²) in [5.41, 5.74) is 1.16. The minimum Gasteiger partial charge on any atom is -0.478 e. The number of hydrogen-bond donors (Lipinski definition) is 3. The number of anilines is 1. The van der Waals surface area contributed by atoms with E-state index in [1.807, 2.05) is 11.9 Å². The molecule has 42 heavy (non-hydrogen) atoms. The summed E-state index contributed by atoms with van der Waals surface area (Å²) in [5.74, 6) is 5.77. The van der Waals surface area contributed by atoms with Crippen LogP contribution in [0.25, 0.3) is 6.08 Å². The standard InChI is InChI=1S/C30H32F3N7O2/c1-4-42-27(34)9-10-28-36-18-25(37-28)8-5-21-15-23(17-35-20(21)2)29(41)38-24-7-6-22(26(16-24)30(31,32)33)19-40-13-11-39(3)12-14-40/h6-7,9-10,15-18,34H,4,11-14,19H2,1-3H3,(H,36,37)(H,38,41)/b10-9-,34-27?. The van der Waals surface area contributed by atoms with Gasteiger partial charge in [0.2, 0.25) is 5.90 Å². The van der Waals surface area contributed by atoms with Crippen LogP contribution in [0.4, 0.5) is 18.9 Å². The number of amides is 1. The fourth-order valence-corrected chi connectivity index (χ4v) is 4.27. The number of hydrogen-bond acceptors (Lipinski definition) is 7. The lowest BCUT2D eigenvalue weighted by atomic mass is 10.0. The zero-order valence-electron chi connectivity index (χ0n) is 23.6. The molecule has 0 radical (unpaired) electrons. The van der Waals surface area contributed by atoms with Gasteiger partial charge < -0.3 is 19.9 Å². The number of aromatic nitrogens is 3. The lowest BCUT2D eigenvalue weighted by Gasteiger charge is -2.33. The van der Waals surface area contributed by atoms with Crippen molar-refractivity contribution in [3.8, 4) is 11.8 Å². The Bertz CT molecular complexity index is 1530. The van der Waals surface area contributed by atoms with Crippen molar-refractivity contribution in [2.75, 3.05) is 45.2 Å². The second kappa shape index (κ2) is 13.5. The van der Waals surface area contributed by atoms with Gasteiger partial charge in [-0.25, -0.2) is 4.98 Å². The summed E-state index contributed by atoms with van der Waals surface area (Å²) < 4.78 is 46.9. The van der Waals surface area contributed by atoms with E-state index < -0.39 is 17.6 Å². The van der Waals surface area contributed by atoms with Gasteiger partial charge in [0.25, 0.3) is 5.91 Å². The number of carbonyl (C=O) groups excluding carboxylic acids is 1. The molecular weight excluding hydrogens is 547 g/mol. The van der Waals surface area contributed by atoms with Crippen molar-refractivity contribution in [3.63, 3.8) is 0 Å². The number of aromatic amines is 1. The molecular formula is C30H32F3N7O2. The number of nitrogens with zero attached hydrogens (tertiary/aromatic N) is 4. The molecule has 1 aromatic carbocycles. The van der Waals surface area contributed by atoms with Crippen LogP contribution in [0.2, 0.25) is 0 Å². The molecule has 0 bridgehead atoms. The number of H-pyrrole nitrogens is 1. The summed E-state index contributed by atoms with van der Waals surface area (Å²) in [7, 11) is 1.99. The van der Waals surface area contributed by atoms with Gasteiger partial charge in [-0.2, -0.15) is 13.2 Å². The molecule has 2 aromatic heterocycles. The van der Waals surface area contributed by atoms with Gasteiger partial charge in [0.05, 0.1) is 29.6 Å². The Kier molecular flexibility index (Phi) is 9.77. The van der Waals surface area contributed by atoms with Gasteiger partial charge >= 0.3 is 6.18 Å². The summed E-state index contributed by atoms with van der Waals surface area (Å²) in [6, 6.07) is 5.43. The molecule has 1 fully saturated rings. The van der Waals surface area contributed by atoms with Crippen molar-refractivity contribution in [3.05, 3.63) is 82.2 Å². The molecule has 0 atom stereocenters. The number of alkyl halides is 3. The van der Waals surface area contributed by atoms with E-state index in [2.05, 4.69) is 37.0 Å². The van der Waals surface area contributed by atoms with Gasteiger partial charge in [-0.05, 0) is 56.7 Å². The molecule has 0 saturated carbocycles. The van der Waals surface area contributed by atoms with Crippen LogP contribution in [-0.4, -0.2) is 76.4 Å². The largest absolute Gasteiger partial charge is 0.478 e. The number of rotatable bonds is 7. The van der Waals surface area contributed by atoms with E-state index in [0.29, 0.717) is 42.5 Å². The topological polar surface area (TPSA) is 110 Å².